The number of unbranched alkanes of at least 4 members (excludes halogenated alkanes) is 2. The standard InChI is InChI=1S/C8H15NO4/c9-5-3-1-2-4-8(12)13-6-7(10)11/h1-6,9H2,(H,10,11). The Morgan fingerprint density at radius 3 is 2.46 bits per heavy atom. The maximum atomic E-state index is 10.8. The number of carboxylic acids is 1. The first-order valence-electron chi connectivity index (χ1n) is 4.24. The van der Waals surface area contributed by atoms with Gasteiger partial charge in [-0.25, -0.2) is 4.79 Å². The Labute approximate surface area is 76.9 Å². The quantitative estimate of drug-likeness (QED) is 0.439. The van der Waals surface area contributed by atoms with Crippen molar-refractivity contribution in [3.05, 3.63) is 0 Å². The molecule has 0 heterocycles. The molecule has 76 valence electrons. The second kappa shape index (κ2) is 7.54. The van der Waals surface area contributed by atoms with Crippen LogP contribution < -0.4 is 5.73 Å². The normalized spacial score (nSPS) is 9.62. The van der Waals surface area contributed by atoms with Crippen LogP contribution in [0.3, 0.4) is 0 Å². The van der Waals surface area contributed by atoms with E-state index in [2.05, 4.69) is 4.74 Å². The SMILES string of the molecule is NCCCCCC(=O)OCC(=O)O. The summed E-state index contributed by atoms with van der Waals surface area (Å²) in [7, 11) is 0. The van der Waals surface area contributed by atoms with E-state index in [0.29, 0.717) is 13.0 Å². The molecule has 3 N–H and O–H groups in total. The van der Waals surface area contributed by atoms with Crippen molar-refractivity contribution in [2.75, 3.05) is 13.2 Å². The molecule has 0 amide bonds. The molecule has 0 aliphatic heterocycles. The molecule has 0 aromatic heterocycles. The molecule has 0 aromatic rings. The third kappa shape index (κ3) is 8.81. The monoisotopic (exact) mass is 189 g/mol. The van der Waals surface area contributed by atoms with Crippen molar-refractivity contribution in [3.8, 4) is 0 Å². The predicted octanol–water partition coefficient (Wildman–Crippen LogP) is 0.133. The molecule has 13 heavy (non-hydrogen) atoms. The minimum atomic E-state index is -1.13. The number of rotatable bonds is 7. The fraction of sp³-hybridized carbons (Fsp3) is 0.750. The van der Waals surface area contributed by atoms with Crippen molar-refractivity contribution in [1.29, 1.82) is 0 Å². The molecule has 0 spiro atoms. The zero-order chi connectivity index (χ0) is 10.1. The van der Waals surface area contributed by atoms with E-state index in [9.17, 15) is 9.59 Å². The van der Waals surface area contributed by atoms with Gasteiger partial charge in [0, 0.05) is 6.42 Å². The van der Waals surface area contributed by atoms with Crippen molar-refractivity contribution in [2.45, 2.75) is 25.7 Å². The van der Waals surface area contributed by atoms with Gasteiger partial charge in [-0.2, -0.15) is 0 Å². The van der Waals surface area contributed by atoms with Crippen LogP contribution in [0.15, 0.2) is 0 Å². The molecule has 0 aromatic carbocycles. The average Bonchev–Trinajstić information content (AvgIpc) is 2.09. The van der Waals surface area contributed by atoms with E-state index < -0.39 is 18.5 Å². The zero-order valence-electron chi connectivity index (χ0n) is 7.49. The van der Waals surface area contributed by atoms with Gasteiger partial charge in [-0.05, 0) is 19.4 Å². The van der Waals surface area contributed by atoms with Gasteiger partial charge in [-0.3, -0.25) is 4.79 Å². The highest BCUT2D eigenvalue weighted by atomic mass is 16.5. The summed E-state index contributed by atoms with van der Waals surface area (Å²) in [5.41, 5.74) is 5.25. The molecule has 0 aliphatic carbocycles. The largest absolute Gasteiger partial charge is 0.479 e. The van der Waals surface area contributed by atoms with Gasteiger partial charge in [0.2, 0.25) is 0 Å². The maximum absolute atomic E-state index is 10.8. The molecule has 5 nitrogen and oxygen atoms in total. The van der Waals surface area contributed by atoms with E-state index in [4.69, 9.17) is 10.8 Å². The predicted molar refractivity (Wildman–Crippen MR) is 46.1 cm³/mol. The molecule has 0 bridgehead atoms. The Morgan fingerprint density at radius 2 is 1.92 bits per heavy atom. The van der Waals surface area contributed by atoms with Gasteiger partial charge in [0.25, 0.3) is 0 Å². The van der Waals surface area contributed by atoms with Crippen molar-refractivity contribution in [3.63, 3.8) is 0 Å². The van der Waals surface area contributed by atoms with Crippen LogP contribution in [0.2, 0.25) is 0 Å². The smallest absolute Gasteiger partial charge is 0.341 e. The van der Waals surface area contributed by atoms with Crippen LogP contribution in [0.5, 0.6) is 0 Å². The van der Waals surface area contributed by atoms with Crippen LogP contribution in [0, 0.1) is 0 Å². The van der Waals surface area contributed by atoms with E-state index in [0.717, 1.165) is 12.8 Å². The van der Waals surface area contributed by atoms with Crippen LogP contribution in [0.1, 0.15) is 25.7 Å². The summed E-state index contributed by atoms with van der Waals surface area (Å²) in [5, 5.41) is 8.18. The highest BCUT2D eigenvalue weighted by Crippen LogP contribution is 1.99. The van der Waals surface area contributed by atoms with E-state index in [1.165, 1.54) is 0 Å². The lowest BCUT2D eigenvalue weighted by molar-refractivity contribution is -0.155. The first-order valence-corrected chi connectivity index (χ1v) is 4.24. The third-order valence-electron chi connectivity index (χ3n) is 1.44. The summed E-state index contributed by atoms with van der Waals surface area (Å²) in [6.07, 6.45) is 2.73. The maximum Gasteiger partial charge on any atom is 0.341 e. The Hall–Kier alpha value is -1.10. The van der Waals surface area contributed by atoms with Crippen molar-refractivity contribution >= 4 is 11.9 Å². The van der Waals surface area contributed by atoms with Crippen LogP contribution >= 0.6 is 0 Å². The van der Waals surface area contributed by atoms with Gasteiger partial charge in [0.1, 0.15) is 0 Å². The first kappa shape index (κ1) is 11.9. The fourth-order valence-electron chi connectivity index (χ4n) is 0.805. The number of carbonyl (C=O) groups is 2. The minimum Gasteiger partial charge on any atom is -0.479 e. The van der Waals surface area contributed by atoms with Crippen molar-refractivity contribution in [2.24, 2.45) is 5.73 Å². The molecule has 0 radical (unpaired) electrons. The second-order valence-corrected chi connectivity index (χ2v) is 2.65. The molecule has 5 heteroatoms. The molecule has 0 unspecified atom stereocenters. The Morgan fingerprint density at radius 1 is 1.23 bits per heavy atom. The molecular formula is C8H15NO4. The van der Waals surface area contributed by atoms with Gasteiger partial charge >= 0.3 is 11.9 Å². The summed E-state index contributed by atoms with van der Waals surface area (Å²) < 4.78 is 4.41. The highest BCUT2D eigenvalue weighted by Gasteiger charge is 2.04. The number of esters is 1. The van der Waals surface area contributed by atoms with Gasteiger partial charge < -0.3 is 15.6 Å². The highest BCUT2D eigenvalue weighted by molar-refractivity contribution is 5.75. The molecule has 0 saturated carbocycles. The number of aliphatic carboxylic acids is 1. The number of carboxylic acid groups (broad SMARTS) is 1. The van der Waals surface area contributed by atoms with Crippen LogP contribution in [0.4, 0.5) is 0 Å². The summed E-state index contributed by atoms with van der Waals surface area (Å²) in [4.78, 5) is 20.8. The van der Waals surface area contributed by atoms with E-state index in [1.54, 1.807) is 0 Å². The summed E-state index contributed by atoms with van der Waals surface area (Å²) in [5.74, 6) is -1.59. The number of carbonyl (C=O) groups excluding carboxylic acids is 1. The Balaban J connectivity index is 3.25. The van der Waals surface area contributed by atoms with Crippen LogP contribution in [0.25, 0.3) is 0 Å². The van der Waals surface area contributed by atoms with E-state index in [1.807, 2.05) is 0 Å². The van der Waals surface area contributed by atoms with Gasteiger partial charge in [0.15, 0.2) is 6.61 Å². The zero-order valence-corrected chi connectivity index (χ0v) is 7.49. The summed E-state index contributed by atoms with van der Waals surface area (Å²) in [6.45, 7) is 0.0693. The van der Waals surface area contributed by atoms with E-state index in [-0.39, 0.29) is 6.42 Å². The summed E-state index contributed by atoms with van der Waals surface area (Å²) >= 11 is 0. The third-order valence-corrected chi connectivity index (χ3v) is 1.44. The van der Waals surface area contributed by atoms with E-state index >= 15 is 0 Å². The first-order chi connectivity index (χ1) is 6.16. The Bertz CT molecular complexity index is 170. The lowest BCUT2D eigenvalue weighted by atomic mass is 10.2. The Kier molecular flexibility index (Phi) is 6.91. The fourth-order valence-corrected chi connectivity index (χ4v) is 0.805. The number of ether oxygens (including phenoxy) is 1. The minimum absolute atomic E-state index is 0.271. The number of nitrogens with two attached hydrogens (primary N) is 1. The van der Waals surface area contributed by atoms with Gasteiger partial charge in [-0.15, -0.1) is 0 Å². The molecule has 0 rings (SSSR count). The van der Waals surface area contributed by atoms with Gasteiger partial charge in [-0.1, -0.05) is 6.42 Å². The lowest BCUT2D eigenvalue weighted by Crippen LogP contribution is -2.12. The summed E-state index contributed by atoms with van der Waals surface area (Å²) in [6, 6.07) is 0. The second-order valence-electron chi connectivity index (χ2n) is 2.65. The van der Waals surface area contributed by atoms with Gasteiger partial charge in [0.05, 0.1) is 0 Å². The van der Waals surface area contributed by atoms with Crippen LogP contribution in [-0.2, 0) is 14.3 Å². The number of hydrogen-bond donors (Lipinski definition) is 2. The number of hydrogen-bond acceptors (Lipinski definition) is 4. The van der Waals surface area contributed by atoms with Crippen LogP contribution in [-0.4, -0.2) is 30.2 Å². The molecule has 0 fully saturated rings. The lowest BCUT2D eigenvalue weighted by Gasteiger charge is -2.00. The topological polar surface area (TPSA) is 89.6 Å². The molecule has 0 atom stereocenters. The molecule has 0 aliphatic rings. The van der Waals surface area contributed by atoms with Crippen molar-refractivity contribution < 1.29 is 19.4 Å². The molecular weight excluding hydrogens is 174 g/mol. The average molecular weight is 189 g/mol. The molecule has 0 saturated heterocycles. The van der Waals surface area contributed by atoms with Crippen molar-refractivity contribution in [1.82, 2.24) is 0 Å².